The topological polar surface area (TPSA) is 73.6 Å². The van der Waals surface area contributed by atoms with Gasteiger partial charge in [-0.1, -0.05) is 13.8 Å². The summed E-state index contributed by atoms with van der Waals surface area (Å²) in [4.78, 5) is 10.1. The molecule has 3 fully saturated rings. The molecule has 0 radical (unpaired) electrons. The van der Waals surface area contributed by atoms with Crippen molar-refractivity contribution in [1.29, 1.82) is 0 Å². The Hall–Kier alpha value is -1.67. The van der Waals surface area contributed by atoms with E-state index in [1.54, 1.807) is 0 Å². The number of piperazine rings is 3. The van der Waals surface area contributed by atoms with Gasteiger partial charge >= 0.3 is 0 Å². The quantitative estimate of drug-likeness (QED) is 0.569. The number of guanidine groups is 1. The number of rotatable bonds is 5. The number of hydrogen-bond acceptors (Lipinski definition) is 5. The lowest BCUT2D eigenvalue weighted by Gasteiger charge is -2.47. The summed E-state index contributed by atoms with van der Waals surface area (Å²) in [7, 11) is 0. The summed E-state index contributed by atoms with van der Waals surface area (Å²) in [6.07, 6.45) is 2.05. The monoisotopic (exact) mass is 374 g/mol. The lowest BCUT2D eigenvalue weighted by Crippen LogP contribution is -2.62. The zero-order valence-corrected chi connectivity index (χ0v) is 17.0. The van der Waals surface area contributed by atoms with Crippen LogP contribution in [0.2, 0.25) is 0 Å². The molecule has 0 saturated carbocycles. The Labute approximate surface area is 162 Å². The first kappa shape index (κ1) is 18.7. The Morgan fingerprint density at radius 3 is 2.67 bits per heavy atom. The number of aliphatic imine (C=N–C) groups is 1. The zero-order valence-electron chi connectivity index (χ0n) is 17.0. The summed E-state index contributed by atoms with van der Waals surface area (Å²) in [5.41, 5.74) is 0. The standard InChI is InChI=1S/C19H34N8/c1-4-20-19(21-11-16-13-25-7-9-26(16)10-8-25)22-15-5-6-17-23-24-18(14(2)3)27(17)12-15/h14-16H,4-13H2,1-3H3,(H2,20,21,22). The second-order valence-electron chi connectivity index (χ2n) is 8.33. The van der Waals surface area contributed by atoms with Gasteiger partial charge in [0.1, 0.15) is 11.6 Å². The van der Waals surface area contributed by atoms with Crippen LogP contribution in [0.4, 0.5) is 0 Å². The van der Waals surface area contributed by atoms with Gasteiger partial charge < -0.3 is 15.2 Å². The van der Waals surface area contributed by atoms with Crippen LogP contribution in [0.5, 0.6) is 0 Å². The van der Waals surface area contributed by atoms with E-state index in [2.05, 4.69) is 56.0 Å². The Morgan fingerprint density at radius 2 is 2.00 bits per heavy atom. The van der Waals surface area contributed by atoms with Gasteiger partial charge in [-0.05, 0) is 13.3 Å². The first-order valence-electron chi connectivity index (χ1n) is 10.6. The predicted molar refractivity (Wildman–Crippen MR) is 107 cm³/mol. The fourth-order valence-corrected chi connectivity index (χ4v) is 4.50. The van der Waals surface area contributed by atoms with E-state index in [0.29, 0.717) is 18.0 Å². The minimum Gasteiger partial charge on any atom is -0.357 e. The smallest absolute Gasteiger partial charge is 0.191 e. The van der Waals surface area contributed by atoms with Gasteiger partial charge in [0, 0.05) is 70.2 Å². The van der Waals surface area contributed by atoms with Gasteiger partial charge in [0.25, 0.3) is 0 Å². The number of hydrogen-bond donors (Lipinski definition) is 2. The highest BCUT2D eigenvalue weighted by Crippen LogP contribution is 2.20. The third kappa shape index (κ3) is 4.11. The molecule has 0 aliphatic carbocycles. The maximum atomic E-state index is 4.94. The average molecular weight is 375 g/mol. The van der Waals surface area contributed by atoms with Crippen molar-refractivity contribution in [2.24, 2.45) is 4.99 Å². The third-order valence-electron chi connectivity index (χ3n) is 6.03. The van der Waals surface area contributed by atoms with Crippen molar-refractivity contribution in [3.63, 3.8) is 0 Å². The summed E-state index contributed by atoms with van der Waals surface area (Å²) >= 11 is 0. The molecule has 5 heterocycles. The molecule has 5 rings (SSSR count). The van der Waals surface area contributed by atoms with E-state index >= 15 is 0 Å². The van der Waals surface area contributed by atoms with Gasteiger partial charge in [-0.2, -0.15) is 0 Å². The molecule has 150 valence electrons. The molecule has 0 spiro atoms. The molecule has 2 atom stereocenters. The summed E-state index contributed by atoms with van der Waals surface area (Å²) in [5.74, 6) is 3.57. The largest absolute Gasteiger partial charge is 0.357 e. The van der Waals surface area contributed by atoms with Crippen molar-refractivity contribution in [2.75, 3.05) is 45.8 Å². The van der Waals surface area contributed by atoms with Crippen LogP contribution in [-0.4, -0.2) is 88.4 Å². The molecule has 1 aromatic rings. The molecule has 4 aliphatic heterocycles. The predicted octanol–water partition coefficient (Wildman–Crippen LogP) is 0.271. The number of aromatic nitrogens is 3. The van der Waals surface area contributed by atoms with Gasteiger partial charge in [0.15, 0.2) is 5.96 Å². The Balaban J connectivity index is 1.39. The molecule has 8 heteroatoms. The lowest BCUT2D eigenvalue weighted by atomic mass is 10.1. The van der Waals surface area contributed by atoms with Crippen LogP contribution < -0.4 is 10.6 Å². The molecular formula is C19H34N8. The van der Waals surface area contributed by atoms with Crippen LogP contribution in [-0.2, 0) is 13.0 Å². The Bertz CT molecular complexity index is 659. The van der Waals surface area contributed by atoms with Crippen molar-refractivity contribution in [3.8, 4) is 0 Å². The molecule has 2 unspecified atom stereocenters. The van der Waals surface area contributed by atoms with Crippen molar-refractivity contribution < 1.29 is 0 Å². The zero-order chi connectivity index (χ0) is 18.8. The van der Waals surface area contributed by atoms with E-state index in [1.807, 2.05) is 0 Å². The van der Waals surface area contributed by atoms with Gasteiger partial charge in [-0.15, -0.1) is 10.2 Å². The molecule has 27 heavy (non-hydrogen) atoms. The summed E-state index contributed by atoms with van der Waals surface area (Å²) < 4.78 is 2.30. The highest BCUT2D eigenvalue weighted by molar-refractivity contribution is 5.80. The molecule has 3 saturated heterocycles. The molecule has 0 amide bonds. The summed E-state index contributed by atoms with van der Waals surface area (Å²) in [6, 6.07) is 0.932. The van der Waals surface area contributed by atoms with E-state index in [0.717, 1.165) is 56.6 Å². The highest BCUT2D eigenvalue weighted by atomic mass is 15.4. The van der Waals surface area contributed by atoms with E-state index < -0.39 is 0 Å². The van der Waals surface area contributed by atoms with Crippen molar-refractivity contribution in [2.45, 2.75) is 58.2 Å². The number of nitrogens with one attached hydrogen (secondary N) is 2. The van der Waals surface area contributed by atoms with E-state index in [-0.39, 0.29) is 0 Å². The van der Waals surface area contributed by atoms with Crippen molar-refractivity contribution in [1.82, 2.24) is 35.2 Å². The minimum absolute atomic E-state index is 0.371. The van der Waals surface area contributed by atoms with Crippen LogP contribution in [0, 0.1) is 0 Å². The molecule has 4 aliphatic rings. The van der Waals surface area contributed by atoms with Gasteiger partial charge in [-0.25, -0.2) is 0 Å². The van der Waals surface area contributed by atoms with Crippen LogP contribution in [0.3, 0.4) is 0 Å². The van der Waals surface area contributed by atoms with Crippen LogP contribution in [0.25, 0.3) is 0 Å². The Kier molecular flexibility index (Phi) is 5.63. The minimum atomic E-state index is 0.371. The summed E-state index contributed by atoms with van der Waals surface area (Å²) in [5, 5.41) is 15.9. The first-order valence-corrected chi connectivity index (χ1v) is 10.6. The van der Waals surface area contributed by atoms with Crippen LogP contribution in [0.15, 0.2) is 4.99 Å². The molecule has 2 bridgehead atoms. The highest BCUT2D eigenvalue weighted by Gasteiger charge is 2.31. The average Bonchev–Trinajstić information content (AvgIpc) is 3.11. The third-order valence-corrected chi connectivity index (χ3v) is 6.03. The van der Waals surface area contributed by atoms with Crippen LogP contribution in [0.1, 0.15) is 44.8 Å². The first-order chi connectivity index (χ1) is 13.1. The van der Waals surface area contributed by atoms with Crippen molar-refractivity contribution >= 4 is 5.96 Å². The van der Waals surface area contributed by atoms with Gasteiger partial charge in [0.05, 0.1) is 6.54 Å². The number of nitrogens with zero attached hydrogens (tertiary/aromatic N) is 6. The second-order valence-corrected chi connectivity index (χ2v) is 8.33. The SMILES string of the molecule is CCNC(=NCC1CN2CCN1CC2)NC1CCc2nnc(C(C)C)n2C1. The van der Waals surface area contributed by atoms with Gasteiger partial charge in [-0.3, -0.25) is 14.8 Å². The molecule has 1 aromatic heterocycles. The maximum absolute atomic E-state index is 4.94. The molecule has 8 nitrogen and oxygen atoms in total. The lowest BCUT2D eigenvalue weighted by molar-refractivity contribution is 0.0174. The van der Waals surface area contributed by atoms with Crippen molar-refractivity contribution in [3.05, 3.63) is 11.6 Å². The number of fused-ring (bicyclic) bond motifs is 4. The van der Waals surface area contributed by atoms with E-state index in [4.69, 9.17) is 4.99 Å². The molecule has 2 N–H and O–H groups in total. The normalized spacial score (nSPS) is 30.4. The Morgan fingerprint density at radius 1 is 1.19 bits per heavy atom. The molecule has 0 aromatic carbocycles. The maximum Gasteiger partial charge on any atom is 0.191 e. The fourth-order valence-electron chi connectivity index (χ4n) is 4.50. The van der Waals surface area contributed by atoms with Crippen LogP contribution >= 0.6 is 0 Å². The number of aryl methyl sites for hydroxylation is 1. The van der Waals surface area contributed by atoms with E-state index in [1.165, 1.54) is 26.2 Å². The van der Waals surface area contributed by atoms with E-state index in [9.17, 15) is 0 Å². The second kappa shape index (κ2) is 8.14. The summed E-state index contributed by atoms with van der Waals surface area (Å²) in [6.45, 7) is 15.2. The molecular weight excluding hydrogens is 340 g/mol. The fraction of sp³-hybridized carbons (Fsp3) is 0.842. The van der Waals surface area contributed by atoms with Gasteiger partial charge in [0.2, 0.25) is 0 Å².